The van der Waals surface area contributed by atoms with Gasteiger partial charge in [0.25, 0.3) is 5.91 Å². The van der Waals surface area contributed by atoms with E-state index in [0.717, 1.165) is 18.4 Å². The van der Waals surface area contributed by atoms with Gasteiger partial charge in [0, 0.05) is 17.1 Å². The summed E-state index contributed by atoms with van der Waals surface area (Å²) >= 11 is 6.10. The lowest BCUT2D eigenvalue weighted by Gasteiger charge is -2.32. The summed E-state index contributed by atoms with van der Waals surface area (Å²) in [6.07, 6.45) is 1.69. The fourth-order valence-electron chi connectivity index (χ4n) is 4.06. The lowest BCUT2D eigenvalue weighted by molar-refractivity contribution is -0.132. The monoisotopic (exact) mass is 430 g/mol. The number of amides is 2. The Morgan fingerprint density at radius 1 is 1.20 bits per heavy atom. The minimum Gasteiger partial charge on any atom is -0.497 e. The van der Waals surface area contributed by atoms with Crippen LogP contribution in [0.25, 0.3) is 0 Å². The van der Waals surface area contributed by atoms with Gasteiger partial charge in [-0.1, -0.05) is 11.6 Å². The van der Waals surface area contributed by atoms with Crippen molar-refractivity contribution in [1.29, 1.82) is 0 Å². The second kappa shape index (κ2) is 8.44. The van der Waals surface area contributed by atoms with Gasteiger partial charge in [-0.2, -0.15) is 0 Å². The second-order valence-corrected chi connectivity index (χ2v) is 7.67. The molecule has 0 aliphatic carbocycles. The quantitative estimate of drug-likeness (QED) is 0.726. The van der Waals surface area contributed by atoms with Crippen molar-refractivity contribution in [3.63, 3.8) is 0 Å². The smallest absolute Gasteiger partial charge is 0.265 e. The summed E-state index contributed by atoms with van der Waals surface area (Å²) in [5, 5.41) is 0.477. The van der Waals surface area contributed by atoms with Gasteiger partial charge in [0.05, 0.1) is 25.9 Å². The van der Waals surface area contributed by atoms with Crippen molar-refractivity contribution < 1.29 is 23.8 Å². The molecule has 158 valence electrons. The summed E-state index contributed by atoms with van der Waals surface area (Å²) in [7, 11) is 3.22. The van der Waals surface area contributed by atoms with Gasteiger partial charge in [0.2, 0.25) is 5.91 Å². The fraction of sp³-hybridized carbons (Fsp3) is 0.364. The molecule has 7 nitrogen and oxygen atoms in total. The molecule has 1 atom stereocenters. The Balaban J connectivity index is 1.60. The van der Waals surface area contributed by atoms with E-state index in [4.69, 9.17) is 25.8 Å². The Kier molecular flexibility index (Phi) is 5.72. The molecule has 2 amide bonds. The second-order valence-electron chi connectivity index (χ2n) is 7.23. The Morgan fingerprint density at radius 3 is 2.80 bits per heavy atom. The zero-order valence-electron chi connectivity index (χ0n) is 16.9. The first-order valence-electron chi connectivity index (χ1n) is 9.76. The molecule has 0 N–H and O–H groups in total. The fourth-order valence-corrected chi connectivity index (χ4v) is 4.23. The van der Waals surface area contributed by atoms with Crippen LogP contribution in [0.3, 0.4) is 0 Å². The summed E-state index contributed by atoms with van der Waals surface area (Å²) in [6, 6.07) is 10.5. The number of methoxy groups -OCH3 is 2. The molecular formula is C22H23ClN2O5. The molecule has 1 fully saturated rings. The number of carbonyl (C=O) groups excluding carboxylic acids is 2. The van der Waals surface area contributed by atoms with Crippen molar-refractivity contribution in [3.05, 3.63) is 47.0 Å². The van der Waals surface area contributed by atoms with E-state index in [-0.39, 0.29) is 31.0 Å². The molecule has 2 aromatic rings. The first-order valence-corrected chi connectivity index (χ1v) is 10.1. The minimum absolute atomic E-state index is 0.0711. The average Bonchev–Trinajstić information content (AvgIpc) is 3.25. The predicted octanol–water partition coefficient (Wildman–Crippen LogP) is 3.45. The van der Waals surface area contributed by atoms with Gasteiger partial charge in [-0.05, 0) is 49.2 Å². The van der Waals surface area contributed by atoms with Crippen molar-refractivity contribution in [2.45, 2.75) is 18.9 Å². The third-order valence-electron chi connectivity index (χ3n) is 5.53. The van der Waals surface area contributed by atoms with Gasteiger partial charge < -0.3 is 19.1 Å². The van der Waals surface area contributed by atoms with Crippen LogP contribution in [0.5, 0.6) is 17.2 Å². The van der Waals surface area contributed by atoms with Crippen LogP contribution in [0.1, 0.15) is 24.4 Å². The van der Waals surface area contributed by atoms with Gasteiger partial charge in [-0.15, -0.1) is 0 Å². The van der Waals surface area contributed by atoms with E-state index in [2.05, 4.69) is 0 Å². The number of benzene rings is 2. The van der Waals surface area contributed by atoms with Gasteiger partial charge in [0.1, 0.15) is 23.8 Å². The molecule has 0 saturated carbocycles. The number of halogens is 1. The highest BCUT2D eigenvalue weighted by molar-refractivity contribution is 6.31. The third-order valence-corrected chi connectivity index (χ3v) is 5.76. The van der Waals surface area contributed by atoms with Gasteiger partial charge in [-0.3, -0.25) is 14.5 Å². The maximum absolute atomic E-state index is 13.3. The van der Waals surface area contributed by atoms with Gasteiger partial charge in [0.15, 0.2) is 6.61 Å². The predicted molar refractivity (Wildman–Crippen MR) is 113 cm³/mol. The molecule has 0 radical (unpaired) electrons. The van der Waals surface area contributed by atoms with E-state index in [0.29, 0.717) is 34.5 Å². The molecular weight excluding hydrogens is 408 g/mol. The van der Waals surface area contributed by atoms with Gasteiger partial charge >= 0.3 is 0 Å². The zero-order chi connectivity index (χ0) is 21.3. The number of likely N-dealkylation sites (tertiary alicyclic amines) is 1. The number of anilines is 1. The van der Waals surface area contributed by atoms with Crippen LogP contribution >= 0.6 is 11.6 Å². The van der Waals surface area contributed by atoms with Crippen LogP contribution in [0.15, 0.2) is 36.4 Å². The summed E-state index contributed by atoms with van der Waals surface area (Å²) in [6.45, 7) is 0.443. The Labute approximate surface area is 180 Å². The van der Waals surface area contributed by atoms with Crippen molar-refractivity contribution in [3.8, 4) is 17.2 Å². The molecule has 0 spiro atoms. The van der Waals surface area contributed by atoms with Gasteiger partial charge in [-0.25, -0.2) is 0 Å². The molecule has 1 saturated heterocycles. The van der Waals surface area contributed by atoms with Crippen LogP contribution in [-0.2, 0) is 9.59 Å². The molecule has 30 heavy (non-hydrogen) atoms. The molecule has 2 aliphatic heterocycles. The van der Waals surface area contributed by atoms with Crippen LogP contribution in [0.4, 0.5) is 5.69 Å². The van der Waals surface area contributed by atoms with E-state index in [1.807, 2.05) is 23.1 Å². The Morgan fingerprint density at radius 2 is 2.03 bits per heavy atom. The van der Waals surface area contributed by atoms with Crippen molar-refractivity contribution in [2.75, 3.05) is 38.8 Å². The maximum Gasteiger partial charge on any atom is 0.265 e. The normalized spacial score (nSPS) is 18.1. The number of carbonyl (C=O) groups is 2. The topological polar surface area (TPSA) is 68.3 Å². The van der Waals surface area contributed by atoms with E-state index in [9.17, 15) is 9.59 Å². The van der Waals surface area contributed by atoms with Crippen LogP contribution in [0.2, 0.25) is 5.02 Å². The number of hydrogen-bond donors (Lipinski definition) is 0. The highest BCUT2D eigenvalue weighted by Gasteiger charge is 2.35. The molecule has 4 rings (SSSR count). The Bertz CT molecular complexity index is 980. The highest BCUT2D eigenvalue weighted by atomic mass is 35.5. The molecule has 2 aliphatic rings. The molecule has 0 aromatic heterocycles. The minimum atomic E-state index is -0.271. The first kappa shape index (κ1) is 20.3. The molecule has 8 heteroatoms. The summed E-state index contributed by atoms with van der Waals surface area (Å²) in [5.74, 6) is 1.55. The number of fused-ring (bicyclic) bond motifs is 1. The first-order chi connectivity index (χ1) is 14.5. The summed E-state index contributed by atoms with van der Waals surface area (Å²) < 4.78 is 16.3. The number of rotatable bonds is 5. The Hall–Kier alpha value is -2.93. The van der Waals surface area contributed by atoms with Crippen molar-refractivity contribution in [1.82, 2.24) is 4.90 Å². The van der Waals surface area contributed by atoms with Crippen molar-refractivity contribution >= 4 is 29.1 Å². The van der Waals surface area contributed by atoms with E-state index in [1.165, 1.54) is 4.90 Å². The standard InChI is InChI=1S/C22H23ClN2O5/c1-28-15-6-8-19(29-2)16(11-15)17-4-3-9-24(17)21(26)12-25-18-10-14(23)5-7-20(18)30-13-22(25)27/h5-8,10-11,17H,3-4,9,12-13H2,1-2H3. The summed E-state index contributed by atoms with van der Waals surface area (Å²) in [5.41, 5.74) is 1.42. The molecule has 2 aromatic carbocycles. The number of ether oxygens (including phenoxy) is 3. The van der Waals surface area contributed by atoms with E-state index in [1.54, 1.807) is 32.4 Å². The highest BCUT2D eigenvalue weighted by Crippen LogP contribution is 2.40. The van der Waals surface area contributed by atoms with E-state index >= 15 is 0 Å². The SMILES string of the molecule is COc1ccc(OC)c(C2CCCN2C(=O)CN2C(=O)COc3ccc(Cl)cc32)c1. The van der Waals surface area contributed by atoms with Crippen LogP contribution in [0, 0.1) is 0 Å². The number of hydrogen-bond acceptors (Lipinski definition) is 5. The lowest BCUT2D eigenvalue weighted by Crippen LogP contribution is -2.46. The van der Waals surface area contributed by atoms with Crippen LogP contribution < -0.4 is 19.1 Å². The molecule has 0 bridgehead atoms. The molecule has 2 heterocycles. The third kappa shape index (κ3) is 3.77. The lowest BCUT2D eigenvalue weighted by atomic mass is 10.0. The summed E-state index contributed by atoms with van der Waals surface area (Å²) in [4.78, 5) is 29.0. The van der Waals surface area contributed by atoms with Crippen molar-refractivity contribution in [2.24, 2.45) is 0 Å². The average molecular weight is 431 g/mol. The number of nitrogens with zero attached hydrogens (tertiary/aromatic N) is 2. The van der Waals surface area contributed by atoms with Crippen LogP contribution in [-0.4, -0.2) is 50.6 Å². The maximum atomic E-state index is 13.3. The van der Waals surface area contributed by atoms with E-state index < -0.39 is 0 Å². The zero-order valence-corrected chi connectivity index (χ0v) is 17.6. The largest absolute Gasteiger partial charge is 0.497 e. The molecule has 1 unspecified atom stereocenters.